The number of hydrogen-bond donors (Lipinski definition) is 1. The summed E-state index contributed by atoms with van der Waals surface area (Å²) in [6.07, 6.45) is 0. The second-order valence-corrected chi connectivity index (χ2v) is 9.87. The number of nitrogens with one attached hydrogen (secondary N) is 1. The highest BCUT2D eigenvalue weighted by molar-refractivity contribution is 7.91. The van der Waals surface area contributed by atoms with Gasteiger partial charge in [0.15, 0.2) is 0 Å². The largest absolute Gasteiger partial charge is 0.338 e. The Kier molecular flexibility index (Phi) is 6.27. The molecule has 29 heavy (non-hydrogen) atoms. The first-order valence-corrected chi connectivity index (χ1v) is 11.0. The second kappa shape index (κ2) is 8.53. The van der Waals surface area contributed by atoms with Gasteiger partial charge in [-0.05, 0) is 12.1 Å². The highest BCUT2D eigenvalue weighted by atomic mass is 35.5. The molecule has 0 saturated carbocycles. The third-order valence-corrected chi connectivity index (χ3v) is 7.05. The number of anilines is 1. The summed E-state index contributed by atoms with van der Waals surface area (Å²) in [5.74, 6) is -0.210. The second-order valence-electron chi connectivity index (χ2n) is 6.27. The van der Waals surface area contributed by atoms with Crippen molar-refractivity contribution in [3.8, 4) is 11.4 Å². The molecule has 10 nitrogen and oxygen atoms in total. The van der Waals surface area contributed by atoms with E-state index in [9.17, 15) is 13.2 Å². The Morgan fingerprint density at radius 1 is 1.31 bits per heavy atom. The molecule has 0 fully saturated rings. The van der Waals surface area contributed by atoms with Crippen molar-refractivity contribution in [3.05, 3.63) is 35.2 Å². The van der Waals surface area contributed by atoms with Gasteiger partial charge in [-0.25, -0.2) is 8.42 Å². The molecule has 3 aromatic rings. The van der Waals surface area contributed by atoms with Crippen molar-refractivity contribution in [2.75, 3.05) is 12.4 Å². The Hall–Kier alpha value is -2.41. The molecule has 0 spiro atoms. The Balaban J connectivity index is 1.74. The van der Waals surface area contributed by atoms with Crippen LogP contribution in [0.5, 0.6) is 0 Å². The number of nitrogens with zero attached hydrogens (tertiary/aromatic N) is 5. The lowest BCUT2D eigenvalue weighted by atomic mass is 10.2. The maximum absolute atomic E-state index is 12.7. The molecule has 3 rings (SSSR count). The number of sulfonamides is 1. The molecule has 1 N–H and O–H groups in total. The number of benzene rings is 1. The van der Waals surface area contributed by atoms with E-state index in [1.54, 1.807) is 38.1 Å². The average molecular weight is 457 g/mol. The number of carbonyl (C=O) groups excluding carboxylic acids is 1. The SMILES string of the molecule is CC(C)C(=O)Nc1nnc(S(=O)(=O)N(C)Cc2nc(-c3ccccc3Cl)no2)s1. The number of carbonyl (C=O) groups is 1. The summed E-state index contributed by atoms with van der Waals surface area (Å²) < 4.78 is 31.3. The number of rotatable bonds is 7. The lowest BCUT2D eigenvalue weighted by molar-refractivity contribution is -0.118. The maximum atomic E-state index is 12.7. The summed E-state index contributed by atoms with van der Waals surface area (Å²) in [4.78, 5) is 15.9. The third kappa shape index (κ3) is 4.78. The fraction of sp³-hybridized carbons (Fsp3) is 0.312. The minimum atomic E-state index is -3.96. The van der Waals surface area contributed by atoms with Crippen molar-refractivity contribution in [3.63, 3.8) is 0 Å². The van der Waals surface area contributed by atoms with Gasteiger partial charge in [-0.15, -0.1) is 10.2 Å². The van der Waals surface area contributed by atoms with Gasteiger partial charge < -0.3 is 9.84 Å². The molecule has 1 amide bonds. The summed E-state index contributed by atoms with van der Waals surface area (Å²) in [6, 6.07) is 6.96. The van der Waals surface area contributed by atoms with Crippen LogP contribution in [0.1, 0.15) is 19.7 Å². The molecule has 0 bridgehead atoms. The molecule has 2 heterocycles. The summed E-state index contributed by atoms with van der Waals surface area (Å²) in [5, 5.41) is 14.3. The number of aromatic nitrogens is 4. The Morgan fingerprint density at radius 2 is 2.03 bits per heavy atom. The molecule has 1 aromatic carbocycles. The highest BCUT2D eigenvalue weighted by Gasteiger charge is 2.28. The third-order valence-electron chi connectivity index (χ3n) is 3.73. The summed E-state index contributed by atoms with van der Waals surface area (Å²) >= 11 is 6.87. The lowest BCUT2D eigenvalue weighted by Gasteiger charge is -2.11. The smallest absolute Gasteiger partial charge is 0.272 e. The molecule has 0 radical (unpaired) electrons. The van der Waals surface area contributed by atoms with Crippen LogP contribution in [0.2, 0.25) is 5.02 Å². The van der Waals surface area contributed by atoms with Crippen molar-refractivity contribution in [2.24, 2.45) is 5.92 Å². The summed E-state index contributed by atoms with van der Waals surface area (Å²) in [7, 11) is -2.61. The van der Waals surface area contributed by atoms with Crippen LogP contribution in [0.4, 0.5) is 5.13 Å². The number of amides is 1. The summed E-state index contributed by atoms with van der Waals surface area (Å²) in [5.41, 5.74) is 0.573. The van der Waals surface area contributed by atoms with Gasteiger partial charge in [0.05, 0.1) is 11.6 Å². The van der Waals surface area contributed by atoms with Crippen molar-refractivity contribution in [1.82, 2.24) is 24.6 Å². The van der Waals surface area contributed by atoms with Gasteiger partial charge in [-0.2, -0.15) is 9.29 Å². The first-order chi connectivity index (χ1) is 13.7. The predicted octanol–water partition coefficient (Wildman–Crippen LogP) is 2.66. The Labute approximate surface area is 176 Å². The molecule has 0 aliphatic rings. The average Bonchev–Trinajstić information content (AvgIpc) is 3.32. The van der Waals surface area contributed by atoms with Gasteiger partial charge in [0, 0.05) is 18.5 Å². The minimum absolute atomic E-state index is 0.0869. The van der Waals surface area contributed by atoms with Gasteiger partial charge in [0.2, 0.25) is 27.1 Å². The van der Waals surface area contributed by atoms with Crippen LogP contribution in [0.25, 0.3) is 11.4 Å². The molecule has 0 saturated heterocycles. The van der Waals surface area contributed by atoms with Gasteiger partial charge in [0.1, 0.15) is 0 Å². The van der Waals surface area contributed by atoms with E-state index in [1.807, 2.05) is 0 Å². The van der Waals surface area contributed by atoms with Gasteiger partial charge in [-0.1, -0.05) is 54.1 Å². The Bertz CT molecular complexity index is 1130. The first-order valence-electron chi connectivity index (χ1n) is 8.36. The van der Waals surface area contributed by atoms with Crippen LogP contribution in [-0.2, 0) is 21.4 Å². The van der Waals surface area contributed by atoms with Crippen LogP contribution in [0.15, 0.2) is 33.1 Å². The molecule has 0 aliphatic heterocycles. The zero-order chi connectivity index (χ0) is 21.2. The van der Waals surface area contributed by atoms with E-state index in [1.165, 1.54) is 7.05 Å². The predicted molar refractivity (Wildman–Crippen MR) is 107 cm³/mol. The van der Waals surface area contributed by atoms with E-state index in [0.717, 1.165) is 15.6 Å². The standard InChI is InChI=1S/C16H17ClN6O4S2/c1-9(2)14(24)19-15-20-21-16(28-15)29(25,26)23(3)8-12-18-13(22-27-12)10-6-4-5-7-11(10)17/h4-7,9H,8H2,1-3H3,(H,19,20,24). The minimum Gasteiger partial charge on any atom is -0.338 e. The van der Waals surface area contributed by atoms with Gasteiger partial charge in [-0.3, -0.25) is 4.79 Å². The fourth-order valence-corrected chi connectivity index (χ4v) is 4.53. The van der Waals surface area contributed by atoms with E-state index < -0.39 is 10.0 Å². The van der Waals surface area contributed by atoms with Crippen LogP contribution in [0.3, 0.4) is 0 Å². The van der Waals surface area contributed by atoms with Gasteiger partial charge >= 0.3 is 0 Å². The molecule has 2 aromatic heterocycles. The van der Waals surface area contributed by atoms with Crippen LogP contribution in [0, 0.1) is 5.92 Å². The molecular formula is C16H17ClN6O4S2. The van der Waals surface area contributed by atoms with Crippen molar-refractivity contribution < 1.29 is 17.7 Å². The highest BCUT2D eigenvalue weighted by Crippen LogP contribution is 2.26. The monoisotopic (exact) mass is 456 g/mol. The van der Waals surface area contributed by atoms with E-state index >= 15 is 0 Å². The van der Waals surface area contributed by atoms with Crippen molar-refractivity contribution >= 4 is 44.0 Å². The van der Waals surface area contributed by atoms with Crippen molar-refractivity contribution in [2.45, 2.75) is 24.7 Å². The van der Waals surface area contributed by atoms with E-state index in [-0.39, 0.29) is 39.6 Å². The molecule has 0 unspecified atom stereocenters. The van der Waals surface area contributed by atoms with Crippen molar-refractivity contribution in [1.29, 1.82) is 0 Å². The molecule has 154 valence electrons. The van der Waals surface area contributed by atoms with Crippen LogP contribution in [-0.4, -0.2) is 46.0 Å². The molecule has 0 atom stereocenters. The van der Waals surface area contributed by atoms with Crippen LogP contribution < -0.4 is 5.32 Å². The van der Waals surface area contributed by atoms with Crippen LogP contribution >= 0.6 is 22.9 Å². The van der Waals surface area contributed by atoms with E-state index in [2.05, 4.69) is 25.7 Å². The molecular weight excluding hydrogens is 440 g/mol. The number of hydrogen-bond acceptors (Lipinski definition) is 9. The molecule has 13 heteroatoms. The fourth-order valence-electron chi connectivity index (χ4n) is 2.09. The zero-order valence-corrected chi connectivity index (χ0v) is 18.0. The maximum Gasteiger partial charge on any atom is 0.272 e. The summed E-state index contributed by atoms with van der Waals surface area (Å²) in [6.45, 7) is 3.25. The van der Waals surface area contributed by atoms with E-state index in [4.69, 9.17) is 16.1 Å². The normalized spacial score (nSPS) is 11.9. The zero-order valence-electron chi connectivity index (χ0n) is 15.7. The quantitative estimate of drug-likeness (QED) is 0.536. The first kappa shape index (κ1) is 21.3. The van der Waals surface area contributed by atoms with E-state index in [0.29, 0.717) is 10.6 Å². The Morgan fingerprint density at radius 3 is 2.72 bits per heavy atom. The molecule has 0 aliphatic carbocycles. The lowest BCUT2D eigenvalue weighted by Crippen LogP contribution is -2.26. The topological polar surface area (TPSA) is 131 Å². The van der Waals surface area contributed by atoms with Gasteiger partial charge in [0.25, 0.3) is 10.0 Å². The number of halogens is 1.